The molecule has 1 saturated heterocycles. The minimum absolute atomic E-state index is 0.300. The van der Waals surface area contributed by atoms with E-state index >= 15 is 0 Å². The van der Waals surface area contributed by atoms with Gasteiger partial charge in [0.2, 0.25) is 5.95 Å². The van der Waals surface area contributed by atoms with Gasteiger partial charge in [-0.25, -0.2) is 23.9 Å². The summed E-state index contributed by atoms with van der Waals surface area (Å²) in [6, 6.07) is 8.18. The van der Waals surface area contributed by atoms with Crippen LogP contribution < -0.4 is 15.5 Å². The van der Waals surface area contributed by atoms with Gasteiger partial charge in [-0.05, 0) is 30.7 Å². The molecule has 5 heterocycles. The predicted octanol–water partition coefficient (Wildman–Crippen LogP) is 2.61. The maximum absolute atomic E-state index is 13.3. The van der Waals surface area contributed by atoms with E-state index in [9.17, 15) is 4.39 Å². The van der Waals surface area contributed by atoms with Gasteiger partial charge in [-0.3, -0.25) is 4.68 Å². The van der Waals surface area contributed by atoms with Gasteiger partial charge < -0.3 is 15.5 Å². The topological polar surface area (TPSA) is 106 Å². The number of benzene rings is 1. The number of nitrogens with zero attached hydrogens (tertiary/aromatic N) is 9. The number of anilines is 2. The summed E-state index contributed by atoms with van der Waals surface area (Å²) in [5, 5.41) is 8.55. The van der Waals surface area contributed by atoms with Gasteiger partial charge in [0, 0.05) is 74.7 Å². The number of aryl methyl sites for hydroxylation is 1. The molecule has 0 spiro atoms. The van der Waals surface area contributed by atoms with E-state index in [1.807, 2.05) is 19.2 Å². The summed E-state index contributed by atoms with van der Waals surface area (Å²) in [5.74, 6) is 1.18. The molecule has 2 N–H and O–H groups in total. The molecule has 1 fully saturated rings. The molecule has 4 aromatic heterocycles. The monoisotopic (exact) mass is 499 g/mol. The van der Waals surface area contributed by atoms with E-state index in [-0.39, 0.29) is 5.82 Å². The summed E-state index contributed by atoms with van der Waals surface area (Å²) in [5.41, 5.74) is 9.78. The zero-order chi connectivity index (χ0) is 26.4. The molecule has 5 aromatic rings. The highest BCUT2D eigenvalue weighted by molar-refractivity contribution is 5.77. The number of halogens is 1. The number of piperazine rings is 1. The van der Waals surface area contributed by atoms with Crippen molar-refractivity contribution >= 4 is 17.3 Å². The first-order valence-corrected chi connectivity index (χ1v) is 12.0. The van der Waals surface area contributed by atoms with Crippen molar-refractivity contribution in [2.24, 2.45) is 12.8 Å². The van der Waals surface area contributed by atoms with Crippen molar-refractivity contribution in [3.63, 3.8) is 0 Å². The van der Waals surface area contributed by atoms with Crippen LogP contribution in [0.25, 0.3) is 16.6 Å². The van der Waals surface area contributed by atoms with Crippen molar-refractivity contribution in [3.05, 3.63) is 84.6 Å². The standard InChI is InChI=1S/C26H27FN10/c1-26(28,20-3-5-22(27)6-4-20)21-13-29-25(30-14-21)36-9-7-35(8-10-36)24-23-11-18(16-37(23)33-17-31-24)19-12-32-34(2)15-19/h3-6,11-17H,7-10,28H2,1-2H3/t26-/m0/s1/i15D. The Labute approximate surface area is 214 Å². The summed E-state index contributed by atoms with van der Waals surface area (Å²) in [6.45, 7) is 4.78. The number of hydrogen-bond acceptors (Lipinski definition) is 8. The molecular weight excluding hydrogens is 471 g/mol. The van der Waals surface area contributed by atoms with Crippen molar-refractivity contribution < 1.29 is 5.76 Å². The number of hydrogen-bond donors (Lipinski definition) is 1. The van der Waals surface area contributed by atoms with Crippen LogP contribution in [0.15, 0.2) is 67.6 Å². The van der Waals surface area contributed by atoms with Gasteiger partial charge in [0.15, 0.2) is 5.82 Å². The second kappa shape index (κ2) is 8.93. The Morgan fingerprint density at radius 3 is 2.30 bits per heavy atom. The van der Waals surface area contributed by atoms with E-state index in [0.717, 1.165) is 59.8 Å². The molecule has 0 amide bonds. The van der Waals surface area contributed by atoms with Gasteiger partial charge in [0.25, 0.3) is 0 Å². The predicted molar refractivity (Wildman–Crippen MR) is 139 cm³/mol. The second-order valence-corrected chi connectivity index (χ2v) is 9.39. The van der Waals surface area contributed by atoms with Crippen molar-refractivity contribution in [2.45, 2.75) is 12.5 Å². The zero-order valence-electron chi connectivity index (χ0n) is 21.6. The molecule has 1 aromatic carbocycles. The molecule has 0 unspecified atom stereocenters. The Hall–Kier alpha value is -4.38. The second-order valence-electron chi connectivity index (χ2n) is 9.39. The van der Waals surface area contributed by atoms with Crippen LogP contribution in [0.2, 0.25) is 0 Å². The smallest absolute Gasteiger partial charge is 0.225 e. The fourth-order valence-corrected chi connectivity index (χ4v) is 4.66. The van der Waals surface area contributed by atoms with E-state index in [1.165, 1.54) is 16.8 Å². The van der Waals surface area contributed by atoms with Crippen LogP contribution in [0.4, 0.5) is 16.2 Å². The van der Waals surface area contributed by atoms with Crippen LogP contribution in [0.3, 0.4) is 0 Å². The van der Waals surface area contributed by atoms with Crippen LogP contribution in [-0.2, 0) is 12.6 Å². The van der Waals surface area contributed by atoms with Crippen molar-refractivity contribution in [3.8, 4) is 11.1 Å². The number of rotatable bonds is 5. The SMILES string of the molecule is [2H]c1c(-c2cc3c(N4CCN(c5ncc([C@@](C)(N)c6ccc(F)cc6)cn5)CC4)ncnn3c2)cnn1C. The Morgan fingerprint density at radius 2 is 1.62 bits per heavy atom. The first kappa shape index (κ1) is 21.9. The summed E-state index contributed by atoms with van der Waals surface area (Å²) < 4.78 is 24.9. The van der Waals surface area contributed by atoms with Crippen molar-refractivity contribution in [1.29, 1.82) is 0 Å². The van der Waals surface area contributed by atoms with Crippen LogP contribution in [-0.4, -0.2) is 60.5 Å². The minimum atomic E-state index is -0.837. The number of fused-ring (bicyclic) bond motifs is 1. The van der Waals surface area contributed by atoms with Gasteiger partial charge in [0.1, 0.15) is 17.7 Å². The quantitative estimate of drug-likeness (QED) is 0.393. The van der Waals surface area contributed by atoms with Crippen molar-refractivity contribution in [1.82, 2.24) is 34.3 Å². The van der Waals surface area contributed by atoms with Gasteiger partial charge in [-0.2, -0.15) is 10.2 Å². The molecule has 6 rings (SSSR count). The van der Waals surface area contributed by atoms with E-state index in [1.54, 1.807) is 48.6 Å². The first-order valence-electron chi connectivity index (χ1n) is 12.5. The molecule has 188 valence electrons. The number of aromatic nitrogens is 7. The summed E-state index contributed by atoms with van der Waals surface area (Å²) in [6.07, 6.45) is 8.98. The van der Waals surface area contributed by atoms with E-state index in [2.05, 4.69) is 34.9 Å². The highest BCUT2D eigenvalue weighted by Gasteiger charge is 2.26. The number of nitrogens with two attached hydrogens (primary N) is 1. The lowest BCUT2D eigenvalue weighted by Crippen LogP contribution is -2.47. The Kier molecular flexibility index (Phi) is 5.28. The molecular formula is C26H27FN10. The third-order valence-corrected chi connectivity index (χ3v) is 6.88. The lowest BCUT2D eigenvalue weighted by molar-refractivity contribution is 0.585. The van der Waals surface area contributed by atoms with Gasteiger partial charge >= 0.3 is 0 Å². The highest BCUT2D eigenvalue weighted by atomic mass is 19.1. The summed E-state index contributed by atoms with van der Waals surface area (Å²) in [4.78, 5) is 18.1. The normalized spacial score (nSPS) is 16.2. The molecule has 0 aliphatic carbocycles. The van der Waals surface area contributed by atoms with E-state index in [4.69, 9.17) is 7.10 Å². The zero-order valence-corrected chi connectivity index (χ0v) is 20.6. The summed E-state index contributed by atoms with van der Waals surface area (Å²) >= 11 is 0. The molecule has 1 aliphatic rings. The fourth-order valence-electron chi connectivity index (χ4n) is 4.66. The largest absolute Gasteiger partial charge is 0.351 e. The maximum Gasteiger partial charge on any atom is 0.225 e. The highest BCUT2D eigenvalue weighted by Crippen LogP contribution is 2.29. The van der Waals surface area contributed by atoms with E-state index < -0.39 is 5.54 Å². The van der Waals surface area contributed by atoms with Crippen LogP contribution in [0.5, 0.6) is 0 Å². The molecule has 1 atom stereocenters. The van der Waals surface area contributed by atoms with Gasteiger partial charge in [-0.1, -0.05) is 12.1 Å². The molecule has 37 heavy (non-hydrogen) atoms. The fraction of sp³-hybridized carbons (Fsp3) is 0.269. The third-order valence-electron chi connectivity index (χ3n) is 6.88. The maximum atomic E-state index is 13.3. The van der Waals surface area contributed by atoms with Crippen LogP contribution >= 0.6 is 0 Å². The molecule has 10 nitrogen and oxygen atoms in total. The average molecular weight is 500 g/mol. The third kappa shape index (κ3) is 4.27. The molecule has 1 aliphatic heterocycles. The molecule has 0 bridgehead atoms. The van der Waals surface area contributed by atoms with Gasteiger partial charge in [-0.15, -0.1) is 0 Å². The van der Waals surface area contributed by atoms with Crippen LogP contribution in [0, 0.1) is 5.82 Å². The average Bonchev–Trinajstić information content (AvgIpc) is 3.51. The summed E-state index contributed by atoms with van der Waals surface area (Å²) in [7, 11) is 1.75. The lowest BCUT2D eigenvalue weighted by Gasteiger charge is -2.35. The Balaban J connectivity index is 1.17. The molecule has 0 saturated carbocycles. The lowest BCUT2D eigenvalue weighted by atomic mass is 9.87. The van der Waals surface area contributed by atoms with Crippen LogP contribution in [0.1, 0.15) is 19.4 Å². The Bertz CT molecular complexity index is 1590. The first-order chi connectivity index (χ1) is 18.3. The minimum Gasteiger partial charge on any atom is -0.351 e. The molecule has 11 heteroatoms. The van der Waals surface area contributed by atoms with E-state index in [0.29, 0.717) is 12.1 Å². The Morgan fingerprint density at radius 1 is 0.919 bits per heavy atom. The van der Waals surface area contributed by atoms with Crippen molar-refractivity contribution in [2.75, 3.05) is 36.0 Å². The molecule has 0 radical (unpaired) electrons. The van der Waals surface area contributed by atoms with Gasteiger partial charge in [0.05, 0.1) is 13.1 Å².